The molecule has 0 fully saturated rings. The first-order chi connectivity index (χ1) is 24.6. The van der Waals surface area contributed by atoms with E-state index in [0.29, 0.717) is 12.8 Å². The molecule has 0 rings (SSSR count). The number of nitrogens with two attached hydrogens (primary N) is 1. The van der Waals surface area contributed by atoms with E-state index in [9.17, 15) is 23.8 Å². The third-order valence-corrected chi connectivity index (χ3v) is 10.0. The van der Waals surface area contributed by atoms with Crippen molar-refractivity contribution in [2.24, 2.45) is 5.73 Å². The van der Waals surface area contributed by atoms with Gasteiger partial charge in [-0.2, -0.15) is 0 Å². The van der Waals surface area contributed by atoms with Gasteiger partial charge < -0.3 is 25.2 Å². The number of aliphatic carboxylic acids is 1. The van der Waals surface area contributed by atoms with Crippen LogP contribution in [0.2, 0.25) is 0 Å². The molecule has 51 heavy (non-hydrogen) atoms. The number of phosphoric acid groups is 1. The van der Waals surface area contributed by atoms with Crippen molar-refractivity contribution in [3.05, 3.63) is 0 Å². The third kappa shape index (κ3) is 35.3. The molecule has 0 saturated heterocycles. The predicted octanol–water partition coefficient (Wildman–Crippen LogP) is 10.3. The average Bonchev–Trinajstić information content (AvgIpc) is 3.10. The summed E-state index contributed by atoms with van der Waals surface area (Å²) in [6.45, 7) is 2.39. The summed E-state index contributed by atoms with van der Waals surface area (Å²) in [7, 11) is -4.68. The van der Waals surface area contributed by atoms with E-state index in [1.165, 1.54) is 141 Å². The Bertz CT molecular complexity index is 890. The van der Waals surface area contributed by atoms with E-state index in [2.05, 4.69) is 11.4 Å². The maximum absolute atomic E-state index is 12.2. The lowest BCUT2D eigenvalue weighted by atomic mass is 10.0. The molecular formula is C39H76NO10P. The van der Waals surface area contributed by atoms with Crippen LogP contribution in [-0.2, 0) is 37.5 Å². The Kier molecular flexibility index (Phi) is 34.4. The zero-order valence-electron chi connectivity index (χ0n) is 32.5. The van der Waals surface area contributed by atoms with Gasteiger partial charge in [-0.25, -0.2) is 4.57 Å². The van der Waals surface area contributed by atoms with Gasteiger partial charge in [0.2, 0.25) is 0 Å². The summed E-state index contributed by atoms with van der Waals surface area (Å²) >= 11 is 0. The number of esters is 2. The first-order valence-corrected chi connectivity index (χ1v) is 22.1. The smallest absolute Gasteiger partial charge is 0.472 e. The molecule has 0 amide bonds. The van der Waals surface area contributed by atoms with Gasteiger partial charge in [-0.3, -0.25) is 23.4 Å². The van der Waals surface area contributed by atoms with Crippen LogP contribution in [0.3, 0.4) is 0 Å². The Morgan fingerprint density at radius 3 is 1.27 bits per heavy atom. The Morgan fingerprint density at radius 1 is 0.529 bits per heavy atom. The Labute approximate surface area is 310 Å². The number of carbonyl (C=O) groups excluding carboxylic acids is 2. The van der Waals surface area contributed by atoms with Gasteiger partial charge in [-0.05, 0) is 12.8 Å². The second-order valence-corrected chi connectivity index (χ2v) is 15.6. The number of ether oxygens (including phenoxy) is 2. The van der Waals surface area contributed by atoms with Gasteiger partial charge in [-0.1, -0.05) is 174 Å². The van der Waals surface area contributed by atoms with Crippen LogP contribution >= 0.6 is 7.82 Å². The van der Waals surface area contributed by atoms with E-state index in [-0.39, 0.29) is 19.4 Å². The third-order valence-electron chi connectivity index (χ3n) is 9.07. The van der Waals surface area contributed by atoms with Crippen LogP contribution in [0.15, 0.2) is 0 Å². The Balaban J connectivity index is 3.71. The monoisotopic (exact) mass is 750 g/mol. The molecule has 0 saturated carbocycles. The van der Waals surface area contributed by atoms with E-state index < -0.39 is 51.1 Å². The first-order valence-electron chi connectivity index (χ1n) is 20.6. The van der Waals surface area contributed by atoms with Crippen LogP contribution in [0, 0.1) is 0 Å². The lowest BCUT2D eigenvalue weighted by Gasteiger charge is -2.20. The van der Waals surface area contributed by atoms with Crippen LogP contribution < -0.4 is 5.73 Å². The van der Waals surface area contributed by atoms with Crippen LogP contribution in [0.4, 0.5) is 0 Å². The highest BCUT2D eigenvalue weighted by Crippen LogP contribution is 2.43. The highest BCUT2D eigenvalue weighted by Gasteiger charge is 2.28. The van der Waals surface area contributed by atoms with Crippen LogP contribution in [-0.4, -0.2) is 59.9 Å². The zero-order valence-corrected chi connectivity index (χ0v) is 33.4. The van der Waals surface area contributed by atoms with Gasteiger partial charge in [0, 0.05) is 12.8 Å². The topological polar surface area (TPSA) is 172 Å². The van der Waals surface area contributed by atoms with Crippen LogP contribution in [0.5, 0.6) is 0 Å². The number of carboxylic acids is 1. The molecule has 11 nitrogen and oxygen atoms in total. The van der Waals surface area contributed by atoms with Crippen LogP contribution in [0.1, 0.15) is 200 Å². The number of hydrogen-bond donors (Lipinski definition) is 3. The summed E-state index contributed by atoms with van der Waals surface area (Å²) in [6.07, 6.45) is 34.1. The van der Waals surface area contributed by atoms with Crippen molar-refractivity contribution < 1.29 is 47.5 Å². The highest BCUT2D eigenvalue weighted by molar-refractivity contribution is 7.47. The maximum Gasteiger partial charge on any atom is 0.472 e. The summed E-state index contributed by atoms with van der Waals surface area (Å²) in [4.78, 5) is 44.7. The molecule has 0 aliphatic rings. The van der Waals surface area contributed by atoms with Crippen molar-refractivity contribution in [2.75, 3.05) is 19.8 Å². The van der Waals surface area contributed by atoms with Gasteiger partial charge in [-0.15, -0.1) is 0 Å². The molecule has 3 atom stereocenters. The van der Waals surface area contributed by atoms with Gasteiger partial charge in [0.25, 0.3) is 0 Å². The molecule has 0 radical (unpaired) electrons. The molecule has 302 valence electrons. The molecule has 4 N–H and O–H groups in total. The molecule has 0 aliphatic carbocycles. The molecule has 0 spiro atoms. The minimum Gasteiger partial charge on any atom is -0.480 e. The Hall–Kier alpha value is -1.52. The van der Waals surface area contributed by atoms with Crippen molar-refractivity contribution >= 4 is 25.7 Å². The fraction of sp³-hybridized carbons (Fsp3) is 0.923. The first kappa shape index (κ1) is 49.5. The second kappa shape index (κ2) is 35.5. The van der Waals surface area contributed by atoms with Crippen molar-refractivity contribution in [3.63, 3.8) is 0 Å². The number of unbranched alkanes of at least 4 members (excludes halogenated alkanes) is 25. The largest absolute Gasteiger partial charge is 0.480 e. The zero-order chi connectivity index (χ0) is 37.8. The van der Waals surface area contributed by atoms with E-state index in [4.69, 9.17) is 24.8 Å². The summed E-state index contributed by atoms with van der Waals surface area (Å²) < 4.78 is 31.9. The van der Waals surface area contributed by atoms with E-state index in [1.807, 2.05) is 0 Å². The molecule has 0 aromatic heterocycles. The number of rotatable bonds is 39. The average molecular weight is 750 g/mol. The van der Waals surface area contributed by atoms with Gasteiger partial charge in [0.1, 0.15) is 12.6 Å². The molecule has 0 bridgehead atoms. The van der Waals surface area contributed by atoms with Gasteiger partial charge in [0.15, 0.2) is 6.10 Å². The molecule has 0 heterocycles. The standard InChI is InChI=1S/C39H76NO10P/c1-3-5-6-7-8-9-10-11-12-13-14-15-16-17-18-19-20-21-22-23-24-25-26-27-28-29-31-37(41)47-32-35(50-38(42)30-4-2)33-48-51(45,46)49-34-36(40)39(43)44/h35-36H,3-34,40H2,1-2H3,(H,43,44)(H,45,46)/t35-,36+/m1/s1. The number of phosphoric ester groups is 1. The molecule has 1 unspecified atom stereocenters. The Morgan fingerprint density at radius 2 is 0.902 bits per heavy atom. The summed E-state index contributed by atoms with van der Waals surface area (Å²) in [5.74, 6) is -2.43. The quantitative estimate of drug-likeness (QED) is 0.0310. The van der Waals surface area contributed by atoms with E-state index in [0.717, 1.165) is 19.3 Å². The molecule has 12 heteroatoms. The second-order valence-electron chi connectivity index (χ2n) is 14.1. The fourth-order valence-electron chi connectivity index (χ4n) is 5.87. The molecule has 0 aliphatic heterocycles. The molecule has 0 aromatic rings. The molecular weight excluding hydrogens is 673 g/mol. The van der Waals surface area contributed by atoms with Gasteiger partial charge >= 0.3 is 25.7 Å². The maximum atomic E-state index is 12.2. The summed E-state index contributed by atoms with van der Waals surface area (Å²) in [5, 5.41) is 8.77. The van der Waals surface area contributed by atoms with Crippen molar-refractivity contribution in [1.29, 1.82) is 0 Å². The lowest BCUT2D eigenvalue weighted by Crippen LogP contribution is -2.34. The van der Waals surface area contributed by atoms with Crippen molar-refractivity contribution in [2.45, 2.75) is 212 Å². The minimum atomic E-state index is -4.68. The molecule has 0 aromatic carbocycles. The fourth-order valence-corrected chi connectivity index (χ4v) is 6.65. The number of hydrogen-bond acceptors (Lipinski definition) is 9. The summed E-state index contributed by atoms with van der Waals surface area (Å²) in [5.41, 5.74) is 5.26. The highest BCUT2D eigenvalue weighted by atomic mass is 31.2. The SMILES string of the molecule is CCCCCCCCCCCCCCCCCCCCCCCCCCCCC(=O)OC[C@H](COP(=O)(O)OC[C@H](N)C(=O)O)OC(=O)CCC. The van der Waals surface area contributed by atoms with Gasteiger partial charge in [0.05, 0.1) is 13.2 Å². The van der Waals surface area contributed by atoms with E-state index in [1.54, 1.807) is 6.92 Å². The number of carboxylic acid groups (broad SMARTS) is 1. The van der Waals surface area contributed by atoms with Crippen LogP contribution in [0.25, 0.3) is 0 Å². The van der Waals surface area contributed by atoms with Crippen molar-refractivity contribution in [1.82, 2.24) is 0 Å². The summed E-state index contributed by atoms with van der Waals surface area (Å²) in [6, 6.07) is -1.51. The number of carbonyl (C=O) groups is 3. The van der Waals surface area contributed by atoms with Crippen molar-refractivity contribution in [3.8, 4) is 0 Å². The lowest BCUT2D eigenvalue weighted by molar-refractivity contribution is -0.161. The normalized spacial score (nSPS) is 13.8. The predicted molar refractivity (Wildman–Crippen MR) is 203 cm³/mol. The minimum absolute atomic E-state index is 0.116. The van der Waals surface area contributed by atoms with E-state index >= 15 is 0 Å².